The Morgan fingerprint density at radius 1 is 0.974 bits per heavy atom. The highest BCUT2D eigenvalue weighted by Crippen LogP contribution is 2.32. The number of hydrogen-bond acceptors (Lipinski definition) is 6. The summed E-state index contributed by atoms with van der Waals surface area (Å²) in [6.07, 6.45) is -0.703. The van der Waals surface area contributed by atoms with Gasteiger partial charge in [0.15, 0.2) is 17.6 Å². The van der Waals surface area contributed by atoms with Crippen LogP contribution in [0, 0.1) is 25.5 Å². The minimum Gasteiger partial charge on any atom is -0.504 e. The van der Waals surface area contributed by atoms with E-state index in [1.165, 1.54) is 22.9 Å². The Bertz CT molecular complexity index is 1630. The van der Waals surface area contributed by atoms with Crippen LogP contribution in [-0.2, 0) is 4.74 Å². The number of aryl methyl sites for hydroxylation is 2. The Morgan fingerprint density at radius 2 is 1.66 bits per heavy atom. The fourth-order valence-electron chi connectivity index (χ4n) is 4.08. The van der Waals surface area contributed by atoms with E-state index in [9.17, 15) is 33.4 Å². The molecule has 1 atom stereocenters. The summed E-state index contributed by atoms with van der Waals surface area (Å²) >= 11 is 6.10. The first-order valence-corrected chi connectivity index (χ1v) is 11.6. The number of ether oxygens (including phenoxy) is 1. The second-order valence-corrected chi connectivity index (χ2v) is 8.94. The van der Waals surface area contributed by atoms with Crippen molar-refractivity contribution in [2.45, 2.75) is 20.0 Å². The van der Waals surface area contributed by atoms with Crippen molar-refractivity contribution < 1.29 is 33.3 Å². The number of aromatic hydroxyl groups is 2. The summed E-state index contributed by atoms with van der Waals surface area (Å²) < 4.78 is 34.9. The number of Topliss-reactive ketones (excluding diaryl/α,β-unsaturated/α-hetero) is 1. The van der Waals surface area contributed by atoms with E-state index >= 15 is 0 Å². The zero-order valence-corrected chi connectivity index (χ0v) is 20.8. The molecular weight excluding hydrogens is 520 g/mol. The number of carbonyl (C=O) groups is 2. The number of ketones is 1. The van der Waals surface area contributed by atoms with Gasteiger partial charge in [-0.2, -0.15) is 0 Å². The van der Waals surface area contributed by atoms with E-state index in [4.69, 9.17) is 16.3 Å². The van der Waals surface area contributed by atoms with Gasteiger partial charge >= 0.3 is 5.97 Å². The molecule has 7 nitrogen and oxygen atoms in total. The van der Waals surface area contributed by atoms with Crippen LogP contribution in [0.4, 0.5) is 8.78 Å². The van der Waals surface area contributed by atoms with Gasteiger partial charge in [-0.3, -0.25) is 14.2 Å². The number of para-hydroxylation sites is 1. The average Bonchev–Trinajstić information content (AvgIpc) is 2.84. The second-order valence-electron chi connectivity index (χ2n) is 8.50. The van der Waals surface area contributed by atoms with E-state index in [-0.39, 0.29) is 5.56 Å². The van der Waals surface area contributed by atoms with Crippen LogP contribution in [0.15, 0.2) is 71.7 Å². The molecular formula is C28H20ClF2NO6. The van der Waals surface area contributed by atoms with E-state index in [0.717, 1.165) is 30.3 Å². The van der Waals surface area contributed by atoms with Crippen molar-refractivity contribution in [3.8, 4) is 17.2 Å². The second kappa shape index (κ2) is 10.5. The molecule has 3 aromatic carbocycles. The van der Waals surface area contributed by atoms with Gasteiger partial charge in [0.25, 0.3) is 5.56 Å². The van der Waals surface area contributed by atoms with Crippen LogP contribution in [0.1, 0.15) is 43.5 Å². The number of aromatic nitrogens is 1. The summed E-state index contributed by atoms with van der Waals surface area (Å²) in [5.41, 5.74) is 0.229. The van der Waals surface area contributed by atoms with Crippen LogP contribution in [0.5, 0.6) is 11.5 Å². The largest absolute Gasteiger partial charge is 0.504 e. The van der Waals surface area contributed by atoms with Crippen molar-refractivity contribution in [1.82, 2.24) is 4.57 Å². The fraction of sp³-hybridized carbons (Fsp3) is 0.107. The smallest absolute Gasteiger partial charge is 0.343 e. The standard InChI is InChI=1S/C28H20ClF2NO6/c1-14-10-17(29)11-15(2)24(14)32-13-16(6-9-23(32)34)25(35)27(19-8-7-18(30)12-21(19)31)38-28(37)20-4-3-5-22(33)26(20)36/h3-13,27,33,36H,1-2H3. The van der Waals surface area contributed by atoms with Gasteiger partial charge in [-0.05, 0) is 67.4 Å². The summed E-state index contributed by atoms with van der Waals surface area (Å²) in [5, 5.41) is 20.2. The first-order valence-electron chi connectivity index (χ1n) is 11.2. The number of phenols is 2. The highest BCUT2D eigenvalue weighted by atomic mass is 35.5. The molecule has 0 aliphatic rings. The number of halogens is 3. The third-order valence-electron chi connectivity index (χ3n) is 5.83. The van der Waals surface area contributed by atoms with Gasteiger partial charge < -0.3 is 14.9 Å². The van der Waals surface area contributed by atoms with Crippen molar-refractivity contribution in [2.75, 3.05) is 0 Å². The Labute approximate surface area is 220 Å². The molecule has 0 aliphatic carbocycles. The molecule has 1 aromatic heterocycles. The molecule has 0 amide bonds. The lowest BCUT2D eigenvalue weighted by atomic mass is 9.99. The van der Waals surface area contributed by atoms with Gasteiger partial charge in [0.2, 0.25) is 5.78 Å². The number of benzene rings is 3. The molecule has 1 heterocycles. The molecule has 0 aliphatic heterocycles. The molecule has 0 spiro atoms. The number of phenolic OH excluding ortho intramolecular Hbond substituents is 2. The first-order chi connectivity index (χ1) is 18.0. The molecule has 194 valence electrons. The van der Waals surface area contributed by atoms with Crippen LogP contribution in [0.3, 0.4) is 0 Å². The predicted molar refractivity (Wildman–Crippen MR) is 135 cm³/mol. The predicted octanol–water partition coefficient (Wildman–Crippen LogP) is 5.58. The maximum atomic E-state index is 14.8. The fourth-order valence-corrected chi connectivity index (χ4v) is 4.41. The van der Waals surface area contributed by atoms with E-state index in [0.29, 0.717) is 27.9 Å². The number of hydrogen-bond donors (Lipinski definition) is 2. The van der Waals surface area contributed by atoms with Gasteiger partial charge in [0.05, 0.1) is 5.69 Å². The zero-order chi connectivity index (χ0) is 27.7. The molecule has 0 saturated carbocycles. The van der Waals surface area contributed by atoms with Crippen molar-refractivity contribution >= 4 is 23.4 Å². The molecule has 2 N–H and O–H groups in total. The Morgan fingerprint density at radius 3 is 2.32 bits per heavy atom. The lowest BCUT2D eigenvalue weighted by molar-refractivity contribution is 0.0270. The maximum Gasteiger partial charge on any atom is 0.343 e. The van der Waals surface area contributed by atoms with E-state index in [2.05, 4.69) is 0 Å². The highest BCUT2D eigenvalue weighted by Gasteiger charge is 2.31. The number of pyridine rings is 1. The molecule has 1 unspecified atom stereocenters. The number of rotatable bonds is 6. The van der Waals surface area contributed by atoms with Crippen molar-refractivity contribution in [1.29, 1.82) is 0 Å². The monoisotopic (exact) mass is 539 g/mol. The van der Waals surface area contributed by atoms with Crippen LogP contribution in [0.2, 0.25) is 5.02 Å². The van der Waals surface area contributed by atoms with Crippen LogP contribution >= 0.6 is 11.6 Å². The average molecular weight is 540 g/mol. The van der Waals surface area contributed by atoms with Crippen molar-refractivity contribution in [2.24, 2.45) is 0 Å². The van der Waals surface area contributed by atoms with Crippen LogP contribution < -0.4 is 5.56 Å². The van der Waals surface area contributed by atoms with E-state index < -0.39 is 57.7 Å². The number of esters is 1. The van der Waals surface area contributed by atoms with E-state index in [1.807, 2.05) is 0 Å². The Balaban J connectivity index is 1.82. The molecule has 0 saturated heterocycles. The molecule has 10 heteroatoms. The molecule has 4 rings (SSSR count). The van der Waals surface area contributed by atoms with Gasteiger partial charge in [-0.15, -0.1) is 0 Å². The highest BCUT2D eigenvalue weighted by molar-refractivity contribution is 6.30. The summed E-state index contributed by atoms with van der Waals surface area (Å²) in [6.45, 7) is 3.46. The van der Waals surface area contributed by atoms with Gasteiger partial charge in [-0.25, -0.2) is 13.6 Å². The van der Waals surface area contributed by atoms with Crippen molar-refractivity contribution in [3.05, 3.63) is 122 Å². The Kier molecular flexibility index (Phi) is 7.32. The number of carbonyl (C=O) groups excluding carboxylic acids is 2. The van der Waals surface area contributed by atoms with Crippen molar-refractivity contribution in [3.63, 3.8) is 0 Å². The minimum atomic E-state index is -1.93. The molecule has 4 aromatic rings. The molecule has 0 bridgehead atoms. The first kappa shape index (κ1) is 26.6. The quantitative estimate of drug-likeness (QED) is 0.188. The SMILES string of the molecule is Cc1cc(Cl)cc(C)c1-n1cc(C(=O)C(OC(=O)c2cccc(O)c2O)c2ccc(F)cc2F)ccc1=O. The number of nitrogens with zero attached hydrogens (tertiary/aromatic N) is 1. The summed E-state index contributed by atoms with van der Waals surface area (Å²) in [4.78, 5) is 39.2. The van der Waals surface area contributed by atoms with Crippen LogP contribution in [0.25, 0.3) is 5.69 Å². The topological polar surface area (TPSA) is 106 Å². The lowest BCUT2D eigenvalue weighted by Crippen LogP contribution is -2.25. The van der Waals surface area contributed by atoms with E-state index in [1.54, 1.807) is 26.0 Å². The molecule has 38 heavy (non-hydrogen) atoms. The van der Waals surface area contributed by atoms with Gasteiger partial charge in [0, 0.05) is 34.5 Å². The minimum absolute atomic E-state index is 0.125. The zero-order valence-electron chi connectivity index (χ0n) is 20.0. The molecule has 0 radical (unpaired) electrons. The molecule has 0 fully saturated rings. The Hall–Kier alpha value is -4.50. The summed E-state index contributed by atoms with van der Waals surface area (Å²) in [6, 6.07) is 11.5. The lowest BCUT2D eigenvalue weighted by Gasteiger charge is -2.20. The third-order valence-corrected chi connectivity index (χ3v) is 6.05. The summed E-state index contributed by atoms with van der Waals surface area (Å²) in [5.74, 6) is -5.67. The summed E-state index contributed by atoms with van der Waals surface area (Å²) in [7, 11) is 0. The van der Waals surface area contributed by atoms with Gasteiger partial charge in [-0.1, -0.05) is 17.7 Å². The normalized spacial score (nSPS) is 11.7. The van der Waals surface area contributed by atoms with Gasteiger partial charge in [0.1, 0.15) is 17.2 Å². The van der Waals surface area contributed by atoms with Crippen LogP contribution in [-0.4, -0.2) is 26.5 Å². The third kappa shape index (κ3) is 5.14. The maximum absolute atomic E-state index is 14.8.